The summed E-state index contributed by atoms with van der Waals surface area (Å²) < 4.78 is 13.5. The molecule has 3 nitrogen and oxygen atoms in total. The highest BCUT2D eigenvalue weighted by Crippen LogP contribution is 2.48. The molecule has 0 N–H and O–H groups in total. The van der Waals surface area contributed by atoms with Crippen molar-refractivity contribution in [2.45, 2.75) is 0 Å². The van der Waals surface area contributed by atoms with E-state index in [1.807, 2.05) is 18.2 Å². The highest BCUT2D eigenvalue weighted by Gasteiger charge is 2.25. The molecule has 2 aromatic heterocycles. The average Bonchev–Trinajstić information content (AvgIpc) is 3.84. The van der Waals surface area contributed by atoms with Gasteiger partial charge in [0.1, 0.15) is 16.7 Å². The van der Waals surface area contributed by atoms with Crippen LogP contribution in [0.5, 0.6) is 0 Å². The maximum absolute atomic E-state index is 6.82. The molecular formula is C52H33NO2. The first-order chi connectivity index (χ1) is 27.3. The second-order valence-electron chi connectivity index (χ2n) is 14.1. The van der Waals surface area contributed by atoms with Crippen LogP contribution in [0.2, 0.25) is 0 Å². The summed E-state index contributed by atoms with van der Waals surface area (Å²) in [7, 11) is 0. The van der Waals surface area contributed by atoms with E-state index in [4.69, 9.17) is 8.83 Å². The maximum Gasteiger partial charge on any atom is 0.159 e. The molecule has 0 unspecified atom stereocenters. The fourth-order valence-corrected chi connectivity index (χ4v) is 8.19. The van der Waals surface area contributed by atoms with Crippen molar-refractivity contribution in [3.63, 3.8) is 0 Å². The third-order valence-corrected chi connectivity index (χ3v) is 10.9. The molecule has 0 saturated heterocycles. The quantitative estimate of drug-likeness (QED) is 0.173. The van der Waals surface area contributed by atoms with E-state index < -0.39 is 0 Å². The maximum atomic E-state index is 6.82. The number of furan rings is 2. The number of fused-ring (bicyclic) bond motifs is 7. The smallest absolute Gasteiger partial charge is 0.159 e. The molecule has 0 amide bonds. The molecule has 0 spiro atoms. The molecule has 258 valence electrons. The number of rotatable bonds is 6. The third-order valence-electron chi connectivity index (χ3n) is 10.9. The lowest BCUT2D eigenvalue weighted by Gasteiger charge is -2.27. The predicted molar refractivity (Wildman–Crippen MR) is 229 cm³/mol. The van der Waals surface area contributed by atoms with Gasteiger partial charge in [-0.25, -0.2) is 0 Å². The zero-order chi connectivity index (χ0) is 36.3. The molecular weight excluding hydrogens is 671 g/mol. The lowest BCUT2D eigenvalue weighted by molar-refractivity contribution is 0.668. The number of benzene rings is 9. The zero-order valence-electron chi connectivity index (χ0n) is 29.8. The van der Waals surface area contributed by atoms with E-state index in [1.165, 1.54) is 27.5 Å². The Morgan fingerprint density at radius 2 is 0.891 bits per heavy atom. The van der Waals surface area contributed by atoms with E-state index in [-0.39, 0.29) is 0 Å². The average molecular weight is 704 g/mol. The first-order valence-electron chi connectivity index (χ1n) is 18.7. The van der Waals surface area contributed by atoms with Crippen LogP contribution < -0.4 is 4.90 Å². The van der Waals surface area contributed by atoms with Crippen molar-refractivity contribution >= 4 is 71.7 Å². The summed E-state index contributed by atoms with van der Waals surface area (Å²) >= 11 is 0. The van der Waals surface area contributed by atoms with Crippen molar-refractivity contribution in [1.29, 1.82) is 0 Å². The van der Waals surface area contributed by atoms with Gasteiger partial charge in [-0.1, -0.05) is 152 Å². The summed E-state index contributed by atoms with van der Waals surface area (Å²) in [5.41, 5.74) is 13.3. The number of nitrogens with zero attached hydrogens (tertiary/aromatic N) is 1. The van der Waals surface area contributed by atoms with E-state index in [1.54, 1.807) is 0 Å². The molecule has 2 heterocycles. The largest absolute Gasteiger partial charge is 0.455 e. The number of anilines is 3. The van der Waals surface area contributed by atoms with Crippen LogP contribution in [0.25, 0.3) is 88.0 Å². The minimum absolute atomic E-state index is 0.837. The second-order valence-corrected chi connectivity index (χ2v) is 14.1. The molecule has 0 radical (unpaired) electrons. The van der Waals surface area contributed by atoms with Gasteiger partial charge in [0.2, 0.25) is 0 Å². The van der Waals surface area contributed by atoms with Crippen LogP contribution in [0, 0.1) is 0 Å². The van der Waals surface area contributed by atoms with Crippen LogP contribution in [-0.2, 0) is 0 Å². The van der Waals surface area contributed by atoms with Gasteiger partial charge < -0.3 is 13.7 Å². The Hall–Kier alpha value is -7.36. The fraction of sp³-hybridized carbons (Fsp3) is 0. The van der Waals surface area contributed by atoms with E-state index in [9.17, 15) is 0 Å². The van der Waals surface area contributed by atoms with Gasteiger partial charge in [-0.3, -0.25) is 0 Å². The fourth-order valence-electron chi connectivity index (χ4n) is 8.19. The lowest BCUT2D eigenvalue weighted by Crippen LogP contribution is -2.10. The molecule has 0 aliphatic carbocycles. The van der Waals surface area contributed by atoms with Crippen molar-refractivity contribution < 1.29 is 8.83 Å². The Labute approximate surface area is 317 Å². The van der Waals surface area contributed by atoms with Gasteiger partial charge in [0.15, 0.2) is 5.58 Å². The molecule has 0 fully saturated rings. The summed E-state index contributed by atoms with van der Waals surface area (Å²) in [6.45, 7) is 0. The molecule has 0 saturated carbocycles. The summed E-state index contributed by atoms with van der Waals surface area (Å²) in [5, 5.41) is 6.70. The van der Waals surface area contributed by atoms with E-state index in [0.29, 0.717) is 0 Å². The van der Waals surface area contributed by atoms with Crippen LogP contribution >= 0.6 is 0 Å². The molecule has 0 atom stereocenters. The number of hydrogen-bond acceptors (Lipinski definition) is 3. The third kappa shape index (κ3) is 5.20. The van der Waals surface area contributed by atoms with Crippen molar-refractivity contribution in [3.05, 3.63) is 200 Å². The summed E-state index contributed by atoms with van der Waals surface area (Å²) in [6, 6.07) is 70.8. The van der Waals surface area contributed by atoms with Crippen molar-refractivity contribution in [3.8, 4) is 33.4 Å². The van der Waals surface area contributed by atoms with Gasteiger partial charge in [-0.15, -0.1) is 0 Å². The minimum atomic E-state index is 0.837. The van der Waals surface area contributed by atoms with Crippen LogP contribution in [0.1, 0.15) is 0 Å². The van der Waals surface area contributed by atoms with Gasteiger partial charge in [-0.2, -0.15) is 0 Å². The lowest BCUT2D eigenvalue weighted by atomic mass is 9.97. The Morgan fingerprint density at radius 3 is 1.65 bits per heavy atom. The monoisotopic (exact) mass is 703 g/mol. The van der Waals surface area contributed by atoms with Crippen LogP contribution in [0.15, 0.2) is 209 Å². The highest BCUT2D eigenvalue weighted by molar-refractivity contribution is 6.19. The Morgan fingerprint density at radius 1 is 0.327 bits per heavy atom. The topological polar surface area (TPSA) is 29.5 Å². The van der Waals surface area contributed by atoms with Crippen LogP contribution in [0.3, 0.4) is 0 Å². The molecule has 3 heteroatoms. The Bertz CT molecular complexity index is 3190. The molecule has 0 bridgehead atoms. The van der Waals surface area contributed by atoms with Gasteiger partial charge >= 0.3 is 0 Å². The molecule has 0 aliphatic rings. The Balaban J connectivity index is 1.12. The van der Waals surface area contributed by atoms with Crippen molar-refractivity contribution in [2.24, 2.45) is 0 Å². The van der Waals surface area contributed by atoms with Crippen LogP contribution in [0.4, 0.5) is 17.1 Å². The van der Waals surface area contributed by atoms with E-state index in [0.717, 1.165) is 77.6 Å². The minimum Gasteiger partial charge on any atom is -0.455 e. The SMILES string of the molecule is c1ccc(-c2ccc(-c3ccc(N(c4cccc5c4oc4ccccc45)c4ccc(-c5ccc6ccccc6c5)c5oc6ccccc6c45)cc3)cc2)cc1. The van der Waals surface area contributed by atoms with E-state index >= 15 is 0 Å². The van der Waals surface area contributed by atoms with Crippen molar-refractivity contribution in [1.82, 2.24) is 0 Å². The van der Waals surface area contributed by atoms with Crippen LogP contribution in [-0.4, -0.2) is 0 Å². The summed E-state index contributed by atoms with van der Waals surface area (Å²) in [6.07, 6.45) is 0. The molecule has 0 aliphatic heterocycles. The highest BCUT2D eigenvalue weighted by atomic mass is 16.3. The normalized spacial score (nSPS) is 11.6. The molecule has 11 rings (SSSR count). The van der Waals surface area contributed by atoms with Gasteiger partial charge in [0, 0.05) is 27.4 Å². The second kappa shape index (κ2) is 12.6. The predicted octanol–water partition coefficient (Wildman–Crippen LogP) is 15.1. The van der Waals surface area contributed by atoms with E-state index in [2.05, 4.69) is 187 Å². The molecule has 9 aromatic carbocycles. The Kier molecular flexibility index (Phi) is 7.17. The zero-order valence-corrected chi connectivity index (χ0v) is 29.8. The first kappa shape index (κ1) is 31.2. The van der Waals surface area contributed by atoms with Gasteiger partial charge in [-0.05, 0) is 87.1 Å². The van der Waals surface area contributed by atoms with Gasteiger partial charge in [0.05, 0.1) is 16.8 Å². The van der Waals surface area contributed by atoms with Crippen molar-refractivity contribution in [2.75, 3.05) is 4.90 Å². The summed E-state index contributed by atoms with van der Waals surface area (Å²) in [4.78, 5) is 2.33. The molecule has 11 aromatic rings. The number of hydrogen-bond donors (Lipinski definition) is 0. The van der Waals surface area contributed by atoms with Gasteiger partial charge in [0.25, 0.3) is 0 Å². The molecule has 55 heavy (non-hydrogen) atoms. The number of para-hydroxylation sites is 3. The standard InChI is InChI=1S/C52H33NO2/c1-2-11-34(12-3-1)36-21-23-37(24-22-36)38-27-29-41(30-28-38)53(47-18-10-17-44-43-15-6-8-19-48(43)54-51(44)47)46-32-31-42(40-26-25-35-13-4-5-14-39(35)33-40)52-50(46)45-16-7-9-20-49(45)55-52/h1-33H. The summed E-state index contributed by atoms with van der Waals surface area (Å²) in [5.74, 6) is 0. The first-order valence-corrected chi connectivity index (χ1v) is 18.7.